The molecule has 3 heterocycles. The Morgan fingerprint density at radius 2 is 2.22 bits per heavy atom. The van der Waals surface area contributed by atoms with Crippen LogP contribution in [0.15, 0.2) is 47.0 Å². The standard InChI is InChI=1S/C28H38FN5O2/c1-20-17-34(19-28(36-20)11-12-28)25-23(8-5-21-6-9-24(29)10-7-21)14-27(2,18-31-25)26(35)30-13-3-4-22-15-32-33-16-22/h6-7,9,15,20,24,31-33H,3-4,10-14,16-19H2,1-2H3,(H,30,35)/t20-,24?,27?/m1/s1. The van der Waals surface area contributed by atoms with Crippen LogP contribution < -0.4 is 21.5 Å². The van der Waals surface area contributed by atoms with E-state index in [-0.39, 0.29) is 17.6 Å². The van der Waals surface area contributed by atoms with E-state index < -0.39 is 11.6 Å². The highest BCUT2D eigenvalue weighted by Crippen LogP contribution is 2.45. The second kappa shape index (κ2) is 10.3. The minimum Gasteiger partial charge on any atom is -0.370 e. The van der Waals surface area contributed by atoms with Gasteiger partial charge in [0.2, 0.25) is 5.91 Å². The molecule has 36 heavy (non-hydrogen) atoms. The molecule has 2 unspecified atom stereocenters. The van der Waals surface area contributed by atoms with Crippen LogP contribution in [0.4, 0.5) is 4.39 Å². The summed E-state index contributed by atoms with van der Waals surface area (Å²) in [5, 5.41) is 6.75. The number of rotatable bonds is 6. The van der Waals surface area contributed by atoms with Gasteiger partial charge in [-0.2, -0.15) is 0 Å². The highest BCUT2D eigenvalue weighted by atomic mass is 19.1. The summed E-state index contributed by atoms with van der Waals surface area (Å²) >= 11 is 0. The van der Waals surface area contributed by atoms with Crippen LogP contribution in [-0.2, 0) is 9.53 Å². The molecule has 5 aliphatic rings. The molecule has 3 atom stereocenters. The molecule has 1 saturated carbocycles. The number of hydrazine groups is 1. The van der Waals surface area contributed by atoms with E-state index in [1.165, 1.54) is 5.57 Å². The fourth-order valence-corrected chi connectivity index (χ4v) is 5.39. The zero-order chi connectivity index (χ0) is 25.2. The van der Waals surface area contributed by atoms with Crippen LogP contribution in [0.3, 0.4) is 0 Å². The van der Waals surface area contributed by atoms with Crippen molar-refractivity contribution in [1.82, 2.24) is 26.4 Å². The van der Waals surface area contributed by atoms with Gasteiger partial charge in [-0.15, -0.1) is 0 Å². The molecular weight excluding hydrogens is 457 g/mol. The van der Waals surface area contributed by atoms with Crippen LogP contribution in [0.2, 0.25) is 0 Å². The van der Waals surface area contributed by atoms with Crippen molar-refractivity contribution in [3.8, 4) is 11.8 Å². The van der Waals surface area contributed by atoms with E-state index in [9.17, 15) is 9.18 Å². The third-order valence-electron chi connectivity index (χ3n) is 7.64. The first-order valence-corrected chi connectivity index (χ1v) is 13.2. The molecule has 4 N–H and O–H groups in total. The summed E-state index contributed by atoms with van der Waals surface area (Å²) in [4.78, 5) is 15.7. The molecular formula is C28H38FN5O2. The number of hydrogen-bond acceptors (Lipinski definition) is 6. The lowest BCUT2D eigenvalue weighted by Crippen LogP contribution is -2.54. The molecule has 1 amide bonds. The predicted octanol–water partition coefficient (Wildman–Crippen LogP) is 2.57. The molecule has 0 bridgehead atoms. The first-order chi connectivity index (χ1) is 17.3. The summed E-state index contributed by atoms with van der Waals surface area (Å²) in [6, 6.07) is 0. The van der Waals surface area contributed by atoms with Crippen molar-refractivity contribution in [2.45, 2.75) is 70.2 Å². The van der Waals surface area contributed by atoms with Crippen LogP contribution in [0, 0.1) is 17.3 Å². The van der Waals surface area contributed by atoms with E-state index in [2.05, 4.69) is 45.1 Å². The summed E-state index contributed by atoms with van der Waals surface area (Å²) in [6.07, 6.45) is 11.3. The van der Waals surface area contributed by atoms with Gasteiger partial charge in [0, 0.05) is 56.5 Å². The number of nitrogens with zero attached hydrogens (tertiary/aromatic N) is 1. The Balaban J connectivity index is 1.31. The second-order valence-corrected chi connectivity index (χ2v) is 11.1. The van der Waals surface area contributed by atoms with Gasteiger partial charge in [0.05, 0.1) is 17.1 Å². The quantitative estimate of drug-likeness (QED) is 0.335. The fraction of sp³-hybridized carbons (Fsp3) is 0.607. The molecule has 1 saturated heterocycles. The Labute approximate surface area is 213 Å². The molecule has 3 aliphatic heterocycles. The Bertz CT molecular complexity index is 1060. The van der Waals surface area contributed by atoms with Crippen molar-refractivity contribution >= 4 is 5.91 Å². The van der Waals surface area contributed by atoms with Gasteiger partial charge >= 0.3 is 0 Å². The SMILES string of the molecule is C[C@@H]1CN(C2=C(C#CC3=CCC(F)C=C3)CC(C)(C(=O)NCCCC3=CNNC3)CN2)CC2(CC2)O1. The van der Waals surface area contributed by atoms with Gasteiger partial charge in [-0.25, -0.2) is 9.82 Å². The lowest BCUT2D eigenvalue weighted by molar-refractivity contribution is -0.130. The largest absolute Gasteiger partial charge is 0.370 e. The molecule has 0 aromatic carbocycles. The van der Waals surface area contributed by atoms with Crippen molar-refractivity contribution in [3.63, 3.8) is 0 Å². The van der Waals surface area contributed by atoms with Crippen LogP contribution in [0.25, 0.3) is 0 Å². The maximum atomic E-state index is 13.5. The number of morpholine rings is 1. The molecule has 8 heteroatoms. The number of ether oxygens (including phenoxy) is 1. The van der Waals surface area contributed by atoms with E-state index in [0.29, 0.717) is 25.9 Å². The molecule has 2 fully saturated rings. The average Bonchev–Trinajstić information content (AvgIpc) is 3.37. The van der Waals surface area contributed by atoms with Crippen molar-refractivity contribution < 1.29 is 13.9 Å². The first kappa shape index (κ1) is 24.9. The molecule has 5 rings (SSSR count). The molecule has 0 radical (unpaired) electrons. The maximum absolute atomic E-state index is 13.5. The number of nitrogens with one attached hydrogen (secondary N) is 4. The van der Waals surface area contributed by atoms with Crippen molar-refractivity contribution in [2.75, 3.05) is 32.7 Å². The zero-order valence-electron chi connectivity index (χ0n) is 21.4. The Morgan fingerprint density at radius 3 is 2.94 bits per heavy atom. The van der Waals surface area contributed by atoms with Gasteiger partial charge in [-0.1, -0.05) is 17.9 Å². The van der Waals surface area contributed by atoms with Gasteiger partial charge in [0.25, 0.3) is 0 Å². The number of alkyl halides is 1. The third kappa shape index (κ3) is 5.79. The number of carbonyl (C=O) groups excluding carboxylic acids is 1. The maximum Gasteiger partial charge on any atom is 0.228 e. The summed E-state index contributed by atoms with van der Waals surface area (Å²) in [7, 11) is 0. The summed E-state index contributed by atoms with van der Waals surface area (Å²) in [5.41, 5.74) is 8.52. The lowest BCUT2D eigenvalue weighted by atomic mass is 9.79. The van der Waals surface area contributed by atoms with Gasteiger partial charge in [0.15, 0.2) is 0 Å². The molecule has 0 aromatic heterocycles. The predicted molar refractivity (Wildman–Crippen MR) is 138 cm³/mol. The first-order valence-electron chi connectivity index (χ1n) is 13.2. The summed E-state index contributed by atoms with van der Waals surface area (Å²) < 4.78 is 19.7. The van der Waals surface area contributed by atoms with Crippen LogP contribution >= 0.6 is 0 Å². The number of hydrogen-bond donors (Lipinski definition) is 4. The van der Waals surface area contributed by atoms with Crippen molar-refractivity contribution in [1.29, 1.82) is 0 Å². The smallest absolute Gasteiger partial charge is 0.228 e. The Kier molecular flexibility index (Phi) is 7.14. The minimum absolute atomic E-state index is 0.0341. The highest BCUT2D eigenvalue weighted by molar-refractivity contribution is 5.83. The monoisotopic (exact) mass is 495 g/mol. The summed E-state index contributed by atoms with van der Waals surface area (Å²) in [5.74, 6) is 7.68. The zero-order valence-corrected chi connectivity index (χ0v) is 21.4. The Morgan fingerprint density at radius 1 is 1.36 bits per heavy atom. The minimum atomic E-state index is -0.935. The highest BCUT2D eigenvalue weighted by Gasteiger charge is 2.50. The lowest BCUT2D eigenvalue weighted by Gasteiger charge is -2.44. The molecule has 1 spiro atoms. The van der Waals surface area contributed by atoms with E-state index in [4.69, 9.17) is 4.74 Å². The topological polar surface area (TPSA) is 77.7 Å². The van der Waals surface area contributed by atoms with Gasteiger partial charge in [-0.3, -0.25) is 4.79 Å². The van der Waals surface area contributed by atoms with Crippen LogP contribution in [0.1, 0.15) is 52.4 Å². The van der Waals surface area contributed by atoms with E-state index in [0.717, 1.165) is 62.3 Å². The summed E-state index contributed by atoms with van der Waals surface area (Å²) in [6.45, 7) is 7.84. The fourth-order valence-electron chi connectivity index (χ4n) is 5.39. The van der Waals surface area contributed by atoms with E-state index in [1.54, 1.807) is 12.2 Å². The third-order valence-corrected chi connectivity index (χ3v) is 7.64. The average molecular weight is 496 g/mol. The van der Waals surface area contributed by atoms with Crippen molar-refractivity contribution in [3.05, 3.63) is 47.0 Å². The van der Waals surface area contributed by atoms with Crippen LogP contribution in [-0.4, -0.2) is 61.4 Å². The molecule has 194 valence electrons. The van der Waals surface area contributed by atoms with Gasteiger partial charge in [-0.05, 0) is 63.7 Å². The molecule has 7 nitrogen and oxygen atoms in total. The normalized spacial score (nSPS) is 30.6. The second-order valence-electron chi connectivity index (χ2n) is 11.1. The van der Waals surface area contributed by atoms with E-state index >= 15 is 0 Å². The molecule has 2 aliphatic carbocycles. The van der Waals surface area contributed by atoms with Gasteiger partial charge < -0.3 is 25.7 Å². The molecule has 0 aromatic rings. The van der Waals surface area contributed by atoms with Crippen molar-refractivity contribution in [2.24, 2.45) is 5.41 Å². The van der Waals surface area contributed by atoms with E-state index in [1.807, 2.05) is 19.2 Å². The van der Waals surface area contributed by atoms with Crippen LogP contribution in [0.5, 0.6) is 0 Å². The Hall–Kier alpha value is -2.76. The number of halogens is 1. The number of allylic oxidation sites excluding steroid dienone is 5. The number of carbonyl (C=O) groups is 1. The number of amides is 1. The van der Waals surface area contributed by atoms with Gasteiger partial charge in [0.1, 0.15) is 12.0 Å².